The van der Waals surface area contributed by atoms with E-state index in [-0.39, 0.29) is 18.0 Å². The largest absolute Gasteiger partial charge is 0.486 e. The van der Waals surface area contributed by atoms with Crippen LogP contribution in [-0.2, 0) is 0 Å². The highest BCUT2D eigenvalue weighted by Gasteiger charge is 2.43. The lowest BCUT2D eigenvalue weighted by Gasteiger charge is -2.35. The molecule has 0 aromatic heterocycles. The molecule has 3 rings (SSSR count). The van der Waals surface area contributed by atoms with Crippen LogP contribution in [0.25, 0.3) is 0 Å². The highest BCUT2D eigenvalue weighted by Crippen LogP contribution is 2.31. The fraction of sp³-hybridized carbons (Fsp3) is 0.562. The Morgan fingerprint density at radius 2 is 1.85 bits per heavy atom. The molecule has 2 heterocycles. The Hall–Kier alpha value is -1.71. The van der Waals surface area contributed by atoms with Crippen LogP contribution in [0.5, 0.6) is 11.5 Å². The molecule has 1 saturated heterocycles. The van der Waals surface area contributed by atoms with E-state index in [0.29, 0.717) is 50.9 Å². The van der Waals surface area contributed by atoms with E-state index in [1.54, 1.807) is 6.07 Å². The molecule has 26 heavy (non-hydrogen) atoms. The first-order valence-corrected chi connectivity index (χ1v) is 8.14. The summed E-state index contributed by atoms with van der Waals surface area (Å²) in [7, 11) is 0. The summed E-state index contributed by atoms with van der Waals surface area (Å²) >= 11 is 0. The van der Waals surface area contributed by atoms with Crippen LogP contribution in [0.3, 0.4) is 0 Å². The van der Waals surface area contributed by atoms with Gasteiger partial charge in [0.05, 0.1) is 0 Å². The van der Waals surface area contributed by atoms with Crippen molar-refractivity contribution in [2.24, 2.45) is 0 Å². The molecule has 0 bridgehead atoms. The average Bonchev–Trinajstić information content (AvgIpc) is 2.61. The van der Waals surface area contributed by atoms with Gasteiger partial charge in [-0.1, -0.05) is 0 Å². The molecule has 0 spiro atoms. The van der Waals surface area contributed by atoms with Gasteiger partial charge in [0, 0.05) is 38.3 Å². The number of ether oxygens (including phenoxy) is 2. The second kappa shape index (κ2) is 8.79. The molecule has 2 aliphatic heterocycles. The van der Waals surface area contributed by atoms with Gasteiger partial charge in [-0.15, -0.1) is 12.4 Å². The van der Waals surface area contributed by atoms with Crippen LogP contribution in [0.15, 0.2) is 18.2 Å². The van der Waals surface area contributed by atoms with Gasteiger partial charge in [-0.05, 0) is 18.2 Å². The van der Waals surface area contributed by atoms with E-state index in [1.807, 2.05) is 0 Å². The van der Waals surface area contributed by atoms with Gasteiger partial charge in [-0.25, -0.2) is 0 Å². The third-order valence-electron chi connectivity index (χ3n) is 4.23. The predicted molar refractivity (Wildman–Crippen MR) is 91.3 cm³/mol. The molecule has 1 amide bonds. The third-order valence-corrected chi connectivity index (χ3v) is 4.23. The highest BCUT2D eigenvalue weighted by molar-refractivity contribution is 5.94. The summed E-state index contributed by atoms with van der Waals surface area (Å²) in [6.07, 6.45) is -4.41. The maximum Gasteiger partial charge on any atom is 0.405 e. The normalized spacial score (nSPS) is 18.6. The van der Waals surface area contributed by atoms with Crippen LogP contribution in [0.4, 0.5) is 13.2 Å². The number of piperazine rings is 1. The van der Waals surface area contributed by atoms with E-state index in [4.69, 9.17) is 9.47 Å². The van der Waals surface area contributed by atoms with Gasteiger partial charge in [0.1, 0.15) is 19.3 Å². The SMILES string of the molecule is Cl.O=C(NCC(N1CCNCC1)C(F)(F)F)c1ccc2c(c1)OCCO2. The fourth-order valence-corrected chi connectivity index (χ4v) is 2.92. The second-order valence-corrected chi connectivity index (χ2v) is 5.91. The lowest BCUT2D eigenvalue weighted by atomic mass is 10.1. The third kappa shape index (κ3) is 4.93. The Bertz CT molecular complexity index is 624. The highest BCUT2D eigenvalue weighted by atomic mass is 35.5. The molecule has 2 N–H and O–H groups in total. The van der Waals surface area contributed by atoms with Crippen LogP contribution < -0.4 is 20.1 Å². The molecule has 1 fully saturated rings. The number of nitrogens with zero attached hydrogens (tertiary/aromatic N) is 1. The van der Waals surface area contributed by atoms with Gasteiger partial charge in [0.25, 0.3) is 5.91 Å². The number of carbonyl (C=O) groups is 1. The number of nitrogens with one attached hydrogen (secondary N) is 2. The summed E-state index contributed by atoms with van der Waals surface area (Å²) in [6.45, 7) is 1.91. The average molecular weight is 396 g/mol. The molecule has 1 aromatic carbocycles. The number of rotatable bonds is 4. The molecule has 1 atom stereocenters. The number of hydrogen-bond donors (Lipinski definition) is 2. The standard InChI is InChI=1S/C16H20F3N3O3.ClH/c17-16(18,19)14(22-5-3-20-4-6-22)10-21-15(23)11-1-2-12-13(9-11)25-8-7-24-12;/h1-2,9,14,20H,3-8,10H2,(H,21,23);1H. The molecule has 6 nitrogen and oxygen atoms in total. The van der Waals surface area contributed by atoms with Crippen LogP contribution in [0.1, 0.15) is 10.4 Å². The van der Waals surface area contributed by atoms with E-state index in [9.17, 15) is 18.0 Å². The van der Waals surface area contributed by atoms with Gasteiger partial charge in [0.2, 0.25) is 0 Å². The van der Waals surface area contributed by atoms with Gasteiger partial charge >= 0.3 is 6.18 Å². The second-order valence-electron chi connectivity index (χ2n) is 5.91. The Balaban J connectivity index is 0.00000243. The maximum absolute atomic E-state index is 13.3. The van der Waals surface area contributed by atoms with E-state index >= 15 is 0 Å². The van der Waals surface area contributed by atoms with Crippen molar-refractivity contribution in [3.63, 3.8) is 0 Å². The lowest BCUT2D eigenvalue weighted by molar-refractivity contribution is -0.183. The first-order chi connectivity index (χ1) is 11.9. The topological polar surface area (TPSA) is 62.8 Å². The molecular formula is C16H21ClF3N3O3. The Morgan fingerprint density at radius 1 is 1.19 bits per heavy atom. The lowest BCUT2D eigenvalue weighted by Crippen LogP contribution is -2.57. The summed E-state index contributed by atoms with van der Waals surface area (Å²) in [6, 6.07) is 2.88. The molecular weight excluding hydrogens is 375 g/mol. The minimum atomic E-state index is -4.41. The zero-order chi connectivity index (χ0) is 17.9. The van der Waals surface area contributed by atoms with Gasteiger partial charge in [0.15, 0.2) is 11.5 Å². The van der Waals surface area contributed by atoms with Gasteiger partial charge < -0.3 is 20.1 Å². The number of halogens is 4. The summed E-state index contributed by atoms with van der Waals surface area (Å²) in [5, 5.41) is 5.41. The van der Waals surface area contributed by atoms with Crippen molar-refractivity contribution in [1.82, 2.24) is 15.5 Å². The Morgan fingerprint density at radius 3 is 2.50 bits per heavy atom. The first kappa shape index (κ1) is 20.6. The maximum atomic E-state index is 13.3. The van der Waals surface area contributed by atoms with Gasteiger partial charge in [-0.2, -0.15) is 13.2 Å². The van der Waals surface area contributed by atoms with Crippen molar-refractivity contribution in [2.45, 2.75) is 12.2 Å². The minimum absolute atomic E-state index is 0. The van der Waals surface area contributed by atoms with E-state index < -0.39 is 24.7 Å². The van der Waals surface area contributed by atoms with Crippen molar-refractivity contribution < 1.29 is 27.4 Å². The molecule has 0 radical (unpaired) electrons. The number of benzene rings is 1. The predicted octanol–water partition coefficient (Wildman–Crippen LogP) is 1.45. The van der Waals surface area contributed by atoms with Crippen molar-refractivity contribution in [2.75, 3.05) is 45.9 Å². The zero-order valence-electron chi connectivity index (χ0n) is 14.0. The van der Waals surface area contributed by atoms with Crippen LogP contribution in [0, 0.1) is 0 Å². The number of carbonyl (C=O) groups excluding carboxylic acids is 1. The summed E-state index contributed by atoms with van der Waals surface area (Å²) in [4.78, 5) is 13.6. The smallest absolute Gasteiger partial charge is 0.405 e. The molecule has 1 aromatic rings. The Labute approximate surface area is 155 Å². The van der Waals surface area contributed by atoms with Crippen molar-refractivity contribution >= 4 is 18.3 Å². The first-order valence-electron chi connectivity index (χ1n) is 8.14. The van der Waals surface area contributed by atoms with Crippen molar-refractivity contribution in [1.29, 1.82) is 0 Å². The molecule has 146 valence electrons. The summed E-state index contributed by atoms with van der Waals surface area (Å²) in [5.41, 5.74) is 0.241. The molecule has 2 aliphatic rings. The molecule has 0 saturated carbocycles. The van der Waals surface area contributed by atoms with Crippen LogP contribution in [-0.4, -0.2) is 69.0 Å². The summed E-state index contributed by atoms with van der Waals surface area (Å²) in [5.74, 6) is 0.381. The monoisotopic (exact) mass is 395 g/mol. The van der Waals surface area contributed by atoms with Crippen LogP contribution >= 0.6 is 12.4 Å². The van der Waals surface area contributed by atoms with E-state index in [1.165, 1.54) is 17.0 Å². The molecule has 10 heteroatoms. The summed E-state index contributed by atoms with van der Waals surface area (Å²) < 4.78 is 50.7. The van der Waals surface area contributed by atoms with Gasteiger partial charge in [-0.3, -0.25) is 9.69 Å². The Kier molecular flexibility index (Phi) is 6.96. The molecule has 0 aliphatic carbocycles. The number of amides is 1. The molecule has 1 unspecified atom stereocenters. The fourth-order valence-electron chi connectivity index (χ4n) is 2.92. The van der Waals surface area contributed by atoms with Crippen LogP contribution in [0.2, 0.25) is 0 Å². The van der Waals surface area contributed by atoms with E-state index in [0.717, 1.165) is 0 Å². The quantitative estimate of drug-likeness (QED) is 0.808. The minimum Gasteiger partial charge on any atom is -0.486 e. The van der Waals surface area contributed by atoms with Crippen molar-refractivity contribution in [3.05, 3.63) is 23.8 Å². The number of fused-ring (bicyclic) bond motifs is 1. The number of alkyl halides is 3. The van der Waals surface area contributed by atoms with Crippen molar-refractivity contribution in [3.8, 4) is 11.5 Å². The van der Waals surface area contributed by atoms with E-state index in [2.05, 4.69) is 10.6 Å². The number of hydrogen-bond acceptors (Lipinski definition) is 5. The zero-order valence-corrected chi connectivity index (χ0v) is 14.8.